The minimum absolute atomic E-state index is 0.0514. The Balaban J connectivity index is 2.06. The van der Waals surface area contributed by atoms with Crippen molar-refractivity contribution in [3.8, 4) is 5.75 Å². The third-order valence-electron chi connectivity index (χ3n) is 2.30. The van der Waals surface area contributed by atoms with E-state index in [0.29, 0.717) is 12.2 Å². The van der Waals surface area contributed by atoms with Gasteiger partial charge in [-0.2, -0.15) is 0 Å². The number of hydrogen-bond acceptors (Lipinski definition) is 5. The van der Waals surface area contributed by atoms with Crippen molar-refractivity contribution < 1.29 is 4.74 Å². The molecule has 0 aliphatic rings. The fourth-order valence-corrected chi connectivity index (χ4v) is 2.00. The summed E-state index contributed by atoms with van der Waals surface area (Å²) in [6.45, 7) is 0.537. The zero-order chi connectivity index (χ0) is 12.3. The van der Waals surface area contributed by atoms with Gasteiger partial charge in [0.2, 0.25) is 0 Å². The van der Waals surface area contributed by atoms with Crippen LogP contribution in [0, 0.1) is 0 Å². The predicted molar refractivity (Wildman–Crippen MR) is 69.7 cm³/mol. The first-order valence-electron chi connectivity index (χ1n) is 5.03. The number of anilines is 2. The third kappa shape index (κ3) is 2.79. The highest BCUT2D eigenvalue weighted by Crippen LogP contribution is 2.24. The third-order valence-corrected chi connectivity index (χ3v) is 3.02. The van der Waals surface area contributed by atoms with Crippen LogP contribution in [0.3, 0.4) is 0 Å². The van der Waals surface area contributed by atoms with Crippen LogP contribution in [-0.2, 0) is 6.54 Å². The summed E-state index contributed by atoms with van der Waals surface area (Å²) in [5, 5.41) is 4.94. The minimum Gasteiger partial charge on any atom is -0.497 e. The number of benzene rings is 1. The van der Waals surface area contributed by atoms with Crippen LogP contribution in [0.1, 0.15) is 5.69 Å². The van der Waals surface area contributed by atoms with Gasteiger partial charge in [0, 0.05) is 17.1 Å². The maximum atomic E-state index is 10.9. The molecular formula is C11H13N3O2S. The smallest absolute Gasteiger partial charge is 0.304 e. The Hall–Kier alpha value is -1.95. The average molecular weight is 251 g/mol. The molecule has 0 fully saturated rings. The molecular weight excluding hydrogens is 238 g/mol. The summed E-state index contributed by atoms with van der Waals surface area (Å²) >= 11 is 1.15. The Morgan fingerprint density at radius 3 is 2.94 bits per heavy atom. The number of rotatable bonds is 4. The minimum atomic E-state index is -0.0514. The first-order chi connectivity index (χ1) is 8.19. The van der Waals surface area contributed by atoms with Crippen LogP contribution in [0.2, 0.25) is 0 Å². The molecule has 0 atom stereocenters. The van der Waals surface area contributed by atoms with Crippen LogP contribution in [0.25, 0.3) is 0 Å². The first kappa shape index (κ1) is 11.5. The number of methoxy groups -OCH3 is 1. The molecule has 0 radical (unpaired) electrons. The van der Waals surface area contributed by atoms with Crippen LogP contribution < -0.4 is 20.7 Å². The zero-order valence-electron chi connectivity index (χ0n) is 9.32. The van der Waals surface area contributed by atoms with E-state index in [2.05, 4.69) is 10.3 Å². The molecule has 0 unspecified atom stereocenters. The van der Waals surface area contributed by atoms with E-state index in [4.69, 9.17) is 10.5 Å². The van der Waals surface area contributed by atoms with E-state index in [1.165, 1.54) is 0 Å². The standard InChI is InChI=1S/C11H13N3O2S/c1-16-8-2-3-10(9(12)4-8)13-5-7-6-17-11(15)14-7/h2-4,6,13H,5,12H2,1H3,(H,14,15). The second-order valence-corrected chi connectivity index (χ2v) is 4.32. The second kappa shape index (κ2) is 4.92. The number of nitrogen functional groups attached to an aromatic ring is 1. The number of nitrogens with two attached hydrogens (primary N) is 1. The van der Waals surface area contributed by atoms with Crippen LogP contribution in [0.4, 0.5) is 11.4 Å². The van der Waals surface area contributed by atoms with Crippen LogP contribution in [-0.4, -0.2) is 12.1 Å². The summed E-state index contributed by atoms with van der Waals surface area (Å²) < 4.78 is 5.06. The van der Waals surface area contributed by atoms with Gasteiger partial charge >= 0.3 is 4.87 Å². The van der Waals surface area contributed by atoms with Crippen molar-refractivity contribution in [2.45, 2.75) is 6.54 Å². The summed E-state index contributed by atoms with van der Waals surface area (Å²) in [7, 11) is 1.60. The lowest BCUT2D eigenvalue weighted by molar-refractivity contribution is 0.415. The van der Waals surface area contributed by atoms with Crippen molar-refractivity contribution in [2.24, 2.45) is 0 Å². The van der Waals surface area contributed by atoms with Gasteiger partial charge in [0.15, 0.2) is 0 Å². The largest absolute Gasteiger partial charge is 0.497 e. The SMILES string of the molecule is COc1ccc(NCc2csc(=O)[nH]2)c(N)c1. The predicted octanol–water partition coefficient (Wildman–Crippen LogP) is 1.64. The lowest BCUT2D eigenvalue weighted by atomic mass is 10.2. The number of H-pyrrole nitrogens is 1. The molecule has 90 valence electrons. The van der Waals surface area contributed by atoms with E-state index in [1.54, 1.807) is 18.6 Å². The molecule has 0 amide bonds. The zero-order valence-corrected chi connectivity index (χ0v) is 10.1. The van der Waals surface area contributed by atoms with Crippen LogP contribution >= 0.6 is 11.3 Å². The number of hydrogen-bond donors (Lipinski definition) is 3. The van der Waals surface area contributed by atoms with Gasteiger partial charge in [-0.25, -0.2) is 0 Å². The molecule has 4 N–H and O–H groups in total. The average Bonchev–Trinajstić information content (AvgIpc) is 2.73. The van der Waals surface area contributed by atoms with Gasteiger partial charge < -0.3 is 20.8 Å². The second-order valence-electron chi connectivity index (χ2n) is 3.48. The van der Waals surface area contributed by atoms with Gasteiger partial charge in [-0.1, -0.05) is 11.3 Å². The Labute approximate surface area is 102 Å². The molecule has 2 rings (SSSR count). The molecule has 0 aliphatic heterocycles. The molecule has 0 aliphatic carbocycles. The Bertz CT molecular complexity index is 562. The highest BCUT2D eigenvalue weighted by molar-refractivity contribution is 7.07. The Kier molecular flexibility index (Phi) is 3.34. The molecule has 0 saturated carbocycles. The fraction of sp³-hybridized carbons (Fsp3) is 0.182. The molecule has 6 heteroatoms. The summed E-state index contributed by atoms with van der Waals surface area (Å²) in [6.07, 6.45) is 0. The monoisotopic (exact) mass is 251 g/mol. The van der Waals surface area contributed by atoms with E-state index in [9.17, 15) is 4.79 Å². The summed E-state index contributed by atoms with van der Waals surface area (Å²) in [5.41, 5.74) is 8.13. The molecule has 2 aromatic rings. The van der Waals surface area contributed by atoms with Gasteiger partial charge in [0.1, 0.15) is 5.75 Å². The number of ether oxygens (including phenoxy) is 1. The number of aromatic amines is 1. The number of nitrogens with one attached hydrogen (secondary N) is 2. The highest BCUT2D eigenvalue weighted by Gasteiger charge is 2.02. The van der Waals surface area contributed by atoms with Gasteiger partial charge in [-0.15, -0.1) is 0 Å². The van der Waals surface area contributed by atoms with Crippen molar-refractivity contribution in [1.82, 2.24) is 4.98 Å². The van der Waals surface area contributed by atoms with E-state index < -0.39 is 0 Å². The lowest BCUT2D eigenvalue weighted by Gasteiger charge is -2.09. The van der Waals surface area contributed by atoms with Crippen molar-refractivity contribution >= 4 is 22.7 Å². The lowest BCUT2D eigenvalue weighted by Crippen LogP contribution is -2.04. The van der Waals surface area contributed by atoms with Crippen molar-refractivity contribution in [3.63, 3.8) is 0 Å². The summed E-state index contributed by atoms with van der Waals surface area (Å²) in [4.78, 5) is 13.6. The first-order valence-corrected chi connectivity index (χ1v) is 5.91. The van der Waals surface area contributed by atoms with E-state index in [1.807, 2.05) is 12.1 Å². The summed E-state index contributed by atoms with van der Waals surface area (Å²) in [5.74, 6) is 0.719. The fourth-order valence-electron chi connectivity index (χ4n) is 1.42. The van der Waals surface area contributed by atoms with Gasteiger partial charge in [-0.05, 0) is 12.1 Å². The molecule has 0 spiro atoms. The molecule has 1 aromatic carbocycles. The van der Waals surface area contributed by atoms with Crippen molar-refractivity contribution in [1.29, 1.82) is 0 Å². The molecule has 17 heavy (non-hydrogen) atoms. The van der Waals surface area contributed by atoms with Crippen molar-refractivity contribution in [3.05, 3.63) is 38.9 Å². The Morgan fingerprint density at radius 1 is 1.53 bits per heavy atom. The number of aromatic nitrogens is 1. The molecule has 1 aromatic heterocycles. The summed E-state index contributed by atoms with van der Waals surface area (Å²) in [6, 6.07) is 5.42. The van der Waals surface area contributed by atoms with E-state index in [0.717, 1.165) is 28.5 Å². The molecule has 0 bridgehead atoms. The van der Waals surface area contributed by atoms with Crippen molar-refractivity contribution in [2.75, 3.05) is 18.2 Å². The van der Waals surface area contributed by atoms with Gasteiger partial charge in [0.05, 0.1) is 25.0 Å². The maximum absolute atomic E-state index is 10.9. The van der Waals surface area contributed by atoms with Gasteiger partial charge in [-0.3, -0.25) is 4.79 Å². The van der Waals surface area contributed by atoms with Crippen LogP contribution in [0.5, 0.6) is 5.75 Å². The van der Waals surface area contributed by atoms with Crippen LogP contribution in [0.15, 0.2) is 28.4 Å². The van der Waals surface area contributed by atoms with E-state index >= 15 is 0 Å². The number of thiazole rings is 1. The maximum Gasteiger partial charge on any atom is 0.304 e. The van der Waals surface area contributed by atoms with Gasteiger partial charge in [0.25, 0.3) is 0 Å². The topological polar surface area (TPSA) is 80.1 Å². The highest BCUT2D eigenvalue weighted by atomic mass is 32.1. The normalized spacial score (nSPS) is 10.2. The molecule has 5 nitrogen and oxygen atoms in total. The molecule has 0 saturated heterocycles. The molecule has 1 heterocycles. The Morgan fingerprint density at radius 2 is 2.35 bits per heavy atom. The van der Waals surface area contributed by atoms with E-state index in [-0.39, 0.29) is 4.87 Å². The quantitative estimate of drug-likeness (QED) is 0.722.